The Labute approximate surface area is 91.1 Å². The van der Waals surface area contributed by atoms with Crippen LogP contribution < -0.4 is 4.74 Å². The average Bonchev–Trinajstić information content (AvgIpc) is 2.91. The van der Waals surface area contributed by atoms with Crippen LogP contribution in [-0.4, -0.2) is 17.3 Å². The van der Waals surface area contributed by atoms with Gasteiger partial charge in [-0.05, 0) is 12.8 Å². The van der Waals surface area contributed by atoms with Gasteiger partial charge in [0, 0.05) is 6.07 Å². The van der Waals surface area contributed by atoms with Crippen LogP contribution in [0, 0.1) is 5.82 Å². The highest BCUT2D eigenvalue weighted by Crippen LogP contribution is 2.54. The first kappa shape index (κ1) is 10.5. The molecule has 0 atom stereocenters. The lowest BCUT2D eigenvalue weighted by Crippen LogP contribution is -2.07. The lowest BCUT2D eigenvalue weighted by molar-refractivity contribution is 0.146. The predicted octanol–water partition coefficient (Wildman–Crippen LogP) is 2.17. The van der Waals surface area contributed by atoms with Crippen LogP contribution in [0.15, 0.2) is 6.07 Å². The molecule has 0 unspecified atom stereocenters. The van der Waals surface area contributed by atoms with Crippen molar-refractivity contribution in [3.8, 4) is 11.5 Å². The molecule has 1 aliphatic carbocycles. The van der Waals surface area contributed by atoms with Crippen LogP contribution >= 0.6 is 11.6 Å². The average molecular weight is 233 g/mol. The second-order valence-corrected chi connectivity index (χ2v) is 4.01. The summed E-state index contributed by atoms with van der Waals surface area (Å²) in [5, 5.41) is 19.3. The number of aromatic hydroxyl groups is 1. The van der Waals surface area contributed by atoms with Gasteiger partial charge in [-0.1, -0.05) is 11.6 Å². The molecule has 3 nitrogen and oxygen atoms in total. The van der Waals surface area contributed by atoms with Crippen molar-refractivity contribution >= 4 is 11.6 Å². The maximum atomic E-state index is 13.3. The fraction of sp³-hybridized carbons (Fsp3) is 0.400. The smallest absolute Gasteiger partial charge is 0.165 e. The lowest BCUT2D eigenvalue weighted by Gasteiger charge is -2.15. The topological polar surface area (TPSA) is 49.7 Å². The Kier molecular flexibility index (Phi) is 2.28. The van der Waals surface area contributed by atoms with Crippen LogP contribution in [0.25, 0.3) is 0 Å². The van der Waals surface area contributed by atoms with E-state index in [1.807, 2.05) is 0 Å². The normalized spacial score (nSPS) is 17.6. The van der Waals surface area contributed by atoms with Gasteiger partial charge >= 0.3 is 0 Å². The quantitative estimate of drug-likeness (QED) is 0.822. The molecule has 0 radical (unpaired) electrons. The van der Waals surface area contributed by atoms with Crippen LogP contribution in [0.3, 0.4) is 0 Å². The zero-order valence-electron chi connectivity index (χ0n) is 8.05. The lowest BCUT2D eigenvalue weighted by atomic mass is 10.1. The van der Waals surface area contributed by atoms with Gasteiger partial charge in [0.2, 0.25) is 0 Å². The van der Waals surface area contributed by atoms with E-state index < -0.39 is 11.4 Å². The fourth-order valence-corrected chi connectivity index (χ4v) is 1.86. The maximum absolute atomic E-state index is 13.3. The largest absolute Gasteiger partial charge is 0.504 e. The predicted molar refractivity (Wildman–Crippen MR) is 52.8 cm³/mol. The van der Waals surface area contributed by atoms with Crippen molar-refractivity contribution in [3.63, 3.8) is 0 Å². The zero-order chi connectivity index (χ0) is 11.2. The van der Waals surface area contributed by atoms with E-state index in [0.29, 0.717) is 12.8 Å². The van der Waals surface area contributed by atoms with Gasteiger partial charge < -0.3 is 14.9 Å². The minimum absolute atomic E-state index is 0.0211. The standard InChI is InChI=1S/C10H10ClFO3/c1-15-6-4-5(12)8(11)7(9(6)13)10(14)2-3-10/h4,13-14H,2-3H2,1H3. The highest BCUT2D eigenvalue weighted by Gasteiger charge is 2.47. The number of methoxy groups -OCH3 is 1. The summed E-state index contributed by atoms with van der Waals surface area (Å²) in [5.74, 6) is -1.02. The molecule has 1 aromatic rings. The summed E-state index contributed by atoms with van der Waals surface area (Å²) in [5.41, 5.74) is -1.17. The van der Waals surface area contributed by atoms with Crippen LogP contribution in [0.1, 0.15) is 18.4 Å². The Hall–Kier alpha value is -1.00. The summed E-state index contributed by atoms with van der Waals surface area (Å²) in [6, 6.07) is 0.993. The summed E-state index contributed by atoms with van der Waals surface area (Å²) in [6.07, 6.45) is 0.930. The van der Waals surface area contributed by atoms with E-state index in [2.05, 4.69) is 0 Å². The van der Waals surface area contributed by atoms with Gasteiger partial charge in [0.25, 0.3) is 0 Å². The van der Waals surface area contributed by atoms with E-state index in [9.17, 15) is 14.6 Å². The van der Waals surface area contributed by atoms with Crippen molar-refractivity contribution in [2.45, 2.75) is 18.4 Å². The van der Waals surface area contributed by atoms with E-state index in [-0.39, 0.29) is 22.1 Å². The van der Waals surface area contributed by atoms with E-state index in [1.54, 1.807) is 0 Å². The Morgan fingerprint density at radius 2 is 2.13 bits per heavy atom. The summed E-state index contributed by atoms with van der Waals surface area (Å²) < 4.78 is 18.1. The van der Waals surface area contributed by atoms with Crippen molar-refractivity contribution in [1.82, 2.24) is 0 Å². The van der Waals surface area contributed by atoms with Crippen LogP contribution in [0.2, 0.25) is 5.02 Å². The molecule has 0 aliphatic heterocycles. The summed E-state index contributed by atoms with van der Waals surface area (Å²) >= 11 is 5.70. The second-order valence-electron chi connectivity index (χ2n) is 3.63. The number of phenols is 1. The van der Waals surface area contributed by atoms with Crippen LogP contribution in [-0.2, 0) is 5.60 Å². The third-order valence-corrected chi connectivity index (χ3v) is 2.94. The number of phenolic OH excluding ortho intramolecular Hbond substituents is 1. The van der Waals surface area contributed by atoms with E-state index in [1.165, 1.54) is 7.11 Å². The minimum Gasteiger partial charge on any atom is -0.504 e. The van der Waals surface area contributed by atoms with Gasteiger partial charge in [0.1, 0.15) is 5.82 Å². The molecule has 82 valence electrons. The van der Waals surface area contributed by atoms with Crippen molar-refractivity contribution in [2.75, 3.05) is 7.11 Å². The van der Waals surface area contributed by atoms with Gasteiger partial charge in [-0.15, -0.1) is 0 Å². The van der Waals surface area contributed by atoms with Crippen molar-refractivity contribution in [3.05, 3.63) is 22.5 Å². The van der Waals surface area contributed by atoms with Crippen molar-refractivity contribution in [2.24, 2.45) is 0 Å². The Bertz CT molecular complexity index is 416. The highest BCUT2D eigenvalue weighted by molar-refractivity contribution is 6.32. The fourth-order valence-electron chi connectivity index (χ4n) is 1.54. The second kappa shape index (κ2) is 3.25. The molecule has 0 saturated heterocycles. The van der Waals surface area contributed by atoms with Crippen molar-refractivity contribution in [1.29, 1.82) is 0 Å². The summed E-state index contributed by atoms with van der Waals surface area (Å²) in [6.45, 7) is 0. The molecule has 0 bridgehead atoms. The van der Waals surface area contributed by atoms with Gasteiger partial charge in [-0.2, -0.15) is 0 Å². The third kappa shape index (κ3) is 1.54. The van der Waals surface area contributed by atoms with Crippen molar-refractivity contribution < 1.29 is 19.3 Å². The number of ether oxygens (including phenoxy) is 1. The number of hydrogen-bond donors (Lipinski definition) is 2. The molecular formula is C10H10ClFO3. The molecule has 15 heavy (non-hydrogen) atoms. The first-order valence-corrected chi connectivity index (χ1v) is 4.85. The first-order chi connectivity index (χ1) is 6.99. The molecule has 2 N–H and O–H groups in total. The zero-order valence-corrected chi connectivity index (χ0v) is 8.81. The van der Waals surface area contributed by atoms with Crippen LogP contribution in [0.4, 0.5) is 4.39 Å². The van der Waals surface area contributed by atoms with Gasteiger partial charge in [0.05, 0.1) is 23.3 Å². The Morgan fingerprint density at radius 1 is 1.53 bits per heavy atom. The molecule has 0 amide bonds. The summed E-state index contributed by atoms with van der Waals surface area (Å²) in [4.78, 5) is 0. The number of halogens is 2. The van der Waals surface area contributed by atoms with E-state index >= 15 is 0 Å². The number of hydrogen-bond acceptors (Lipinski definition) is 3. The monoisotopic (exact) mass is 232 g/mol. The molecule has 0 spiro atoms. The SMILES string of the molecule is COc1cc(F)c(Cl)c(C2(O)CC2)c1O. The molecule has 5 heteroatoms. The van der Waals surface area contributed by atoms with E-state index in [0.717, 1.165) is 6.07 Å². The highest BCUT2D eigenvalue weighted by atomic mass is 35.5. The maximum Gasteiger partial charge on any atom is 0.165 e. The number of aliphatic hydroxyl groups is 1. The Morgan fingerprint density at radius 3 is 2.60 bits per heavy atom. The van der Waals surface area contributed by atoms with Gasteiger partial charge in [-0.3, -0.25) is 0 Å². The van der Waals surface area contributed by atoms with Crippen LogP contribution in [0.5, 0.6) is 11.5 Å². The summed E-state index contributed by atoms with van der Waals surface area (Å²) in [7, 11) is 1.31. The van der Waals surface area contributed by atoms with E-state index in [4.69, 9.17) is 16.3 Å². The number of rotatable bonds is 2. The number of benzene rings is 1. The molecule has 1 aliphatic rings. The molecule has 1 fully saturated rings. The van der Waals surface area contributed by atoms with Gasteiger partial charge in [-0.25, -0.2) is 4.39 Å². The minimum atomic E-state index is -1.20. The third-order valence-electron chi connectivity index (χ3n) is 2.57. The molecule has 2 rings (SSSR count). The first-order valence-electron chi connectivity index (χ1n) is 4.47. The van der Waals surface area contributed by atoms with Gasteiger partial charge in [0.15, 0.2) is 11.5 Å². The Balaban J connectivity index is 2.65. The molecule has 1 aromatic carbocycles. The molecule has 1 saturated carbocycles. The molecule has 0 aromatic heterocycles. The molecule has 0 heterocycles. The molecular weight excluding hydrogens is 223 g/mol.